The Morgan fingerprint density at radius 2 is 1.77 bits per heavy atom. The van der Waals surface area contributed by atoms with E-state index < -0.39 is 0 Å². The van der Waals surface area contributed by atoms with E-state index in [1.165, 1.54) is 50.5 Å². The summed E-state index contributed by atoms with van der Waals surface area (Å²) in [5.41, 5.74) is 2.29. The van der Waals surface area contributed by atoms with Gasteiger partial charge < -0.3 is 4.74 Å². The van der Waals surface area contributed by atoms with Crippen LogP contribution in [0.15, 0.2) is 60.3 Å². The number of esters is 1. The number of hydrogen-bond acceptors (Lipinski definition) is 3. The number of ether oxygens (including phenoxy) is 1. The van der Waals surface area contributed by atoms with Crippen LogP contribution in [0.3, 0.4) is 0 Å². The smallest absolute Gasteiger partial charge is 0.338 e. The Morgan fingerprint density at radius 1 is 0.979 bits per heavy atom. The third-order valence-electron chi connectivity index (χ3n) is 15.1. The molecule has 3 nitrogen and oxygen atoms in total. The van der Waals surface area contributed by atoms with E-state index in [-0.39, 0.29) is 35.2 Å². The van der Waals surface area contributed by atoms with Gasteiger partial charge in [-0.05, 0) is 129 Å². The molecule has 3 heteroatoms. The maximum Gasteiger partial charge on any atom is 0.338 e. The van der Waals surface area contributed by atoms with Crippen molar-refractivity contribution in [1.29, 1.82) is 0 Å². The summed E-state index contributed by atoms with van der Waals surface area (Å²) in [7, 11) is 0. The van der Waals surface area contributed by atoms with Crippen LogP contribution in [0.4, 0.5) is 0 Å². The Balaban J connectivity index is 1.27. The molecule has 4 saturated carbocycles. The van der Waals surface area contributed by atoms with Crippen LogP contribution in [0, 0.1) is 75.9 Å². The number of carbonyl (C=O) groups excluding carboxylic acids is 2. The Bertz CT molecular complexity index is 1350. The molecule has 4 fully saturated rings. The van der Waals surface area contributed by atoms with Crippen molar-refractivity contribution in [2.45, 2.75) is 132 Å². The normalized spacial score (nSPS) is 41.5. The first-order valence-corrected chi connectivity index (χ1v) is 20.0. The molecule has 6 aliphatic rings. The highest BCUT2D eigenvalue weighted by atomic mass is 16.5. The summed E-state index contributed by atoms with van der Waals surface area (Å²) in [5, 5.41) is 0. The van der Waals surface area contributed by atoms with Gasteiger partial charge in [0.15, 0.2) is 0 Å². The van der Waals surface area contributed by atoms with Crippen LogP contribution < -0.4 is 0 Å². The van der Waals surface area contributed by atoms with Crippen LogP contribution in [0.2, 0.25) is 0 Å². The van der Waals surface area contributed by atoms with Crippen molar-refractivity contribution in [3.05, 3.63) is 60.3 Å². The zero-order chi connectivity index (χ0) is 34.4. The van der Waals surface area contributed by atoms with Crippen molar-refractivity contribution in [3.8, 4) is 0 Å². The fourth-order valence-corrected chi connectivity index (χ4v) is 12.5. The predicted molar refractivity (Wildman–Crippen MR) is 198 cm³/mol. The minimum Gasteiger partial charge on any atom is -0.459 e. The van der Waals surface area contributed by atoms with Crippen LogP contribution in [-0.2, 0) is 14.3 Å². The topological polar surface area (TPSA) is 43.4 Å². The number of Topliss-reactive ketones (excluding diaryl/α,β-unsaturated/α-hetero) is 1. The SMILES string of the molecule is C=CC12CCC(OC(=O)C3=CCC(C)C=C3)CC1C(C(C)C(=O)C1C=CC(C)=C1)CC1C3CCC(C(C)CCCC(C)C)C3(C)CCC12. The molecule has 13 atom stereocenters. The quantitative estimate of drug-likeness (QED) is 0.164. The molecule has 0 heterocycles. The van der Waals surface area contributed by atoms with E-state index in [4.69, 9.17) is 4.74 Å². The first-order valence-electron chi connectivity index (χ1n) is 20.0. The molecule has 13 unspecified atom stereocenters. The van der Waals surface area contributed by atoms with Crippen LogP contribution in [0.1, 0.15) is 126 Å². The zero-order valence-corrected chi connectivity index (χ0v) is 31.4. The highest BCUT2D eigenvalue weighted by molar-refractivity contribution is 5.92. The van der Waals surface area contributed by atoms with Crippen molar-refractivity contribution in [1.82, 2.24) is 0 Å². The molecule has 264 valence electrons. The van der Waals surface area contributed by atoms with E-state index in [1.807, 2.05) is 12.2 Å². The first-order chi connectivity index (χ1) is 22.9. The number of fused-ring (bicyclic) bond motifs is 5. The molecule has 0 amide bonds. The average Bonchev–Trinajstić information content (AvgIpc) is 3.66. The van der Waals surface area contributed by atoms with Gasteiger partial charge in [0.05, 0.1) is 11.5 Å². The minimum atomic E-state index is -0.173. The summed E-state index contributed by atoms with van der Waals surface area (Å²) in [6.07, 6.45) is 28.9. The second-order valence-electron chi connectivity index (χ2n) is 18.2. The van der Waals surface area contributed by atoms with Gasteiger partial charge >= 0.3 is 5.97 Å². The maximum atomic E-state index is 14.3. The Hall–Kier alpha value is -2.16. The van der Waals surface area contributed by atoms with E-state index >= 15 is 0 Å². The Labute approximate surface area is 293 Å². The van der Waals surface area contributed by atoms with Crippen molar-refractivity contribution in [3.63, 3.8) is 0 Å². The summed E-state index contributed by atoms with van der Waals surface area (Å²) < 4.78 is 6.32. The molecule has 0 radical (unpaired) electrons. The molecule has 0 spiro atoms. The third-order valence-corrected chi connectivity index (χ3v) is 15.1. The lowest BCUT2D eigenvalue weighted by molar-refractivity contribution is -0.168. The summed E-state index contributed by atoms with van der Waals surface area (Å²) in [6.45, 7) is 21.1. The molecule has 6 aliphatic carbocycles. The van der Waals surface area contributed by atoms with Gasteiger partial charge in [-0.15, -0.1) is 6.58 Å². The largest absolute Gasteiger partial charge is 0.459 e. The third kappa shape index (κ3) is 6.55. The van der Waals surface area contributed by atoms with Crippen molar-refractivity contribution in [2.24, 2.45) is 75.9 Å². The maximum absolute atomic E-state index is 14.3. The highest BCUT2D eigenvalue weighted by Crippen LogP contribution is 2.70. The molecule has 0 N–H and O–H groups in total. The van der Waals surface area contributed by atoms with Gasteiger partial charge in [0, 0.05) is 5.92 Å². The zero-order valence-electron chi connectivity index (χ0n) is 31.4. The second-order valence-corrected chi connectivity index (χ2v) is 18.2. The number of ketones is 1. The van der Waals surface area contributed by atoms with Gasteiger partial charge in [-0.1, -0.05) is 109 Å². The summed E-state index contributed by atoms with van der Waals surface area (Å²) in [6, 6.07) is 0. The van der Waals surface area contributed by atoms with E-state index in [2.05, 4.69) is 85.4 Å². The van der Waals surface area contributed by atoms with Crippen LogP contribution in [-0.4, -0.2) is 17.9 Å². The van der Waals surface area contributed by atoms with E-state index in [1.54, 1.807) is 0 Å². The molecule has 0 aromatic rings. The standard InChI is InChI=1S/C45H66O3/c1-9-45-24-21-35(48-43(47)33-16-13-29(4)14-17-33)26-41(45)36(32(7)42(46)34-18-15-30(5)25-34)27-37-39-20-19-38(31(6)12-10-11-28(2)3)44(39,8)23-22-40(37)45/h9,13,15-18,25,28-29,31-32,34-41H,1,10-12,14,19-24,26-27H2,2-8H3. The molecular weight excluding hydrogens is 588 g/mol. The lowest BCUT2D eigenvalue weighted by Gasteiger charge is -2.64. The predicted octanol–water partition coefficient (Wildman–Crippen LogP) is 11.3. The molecule has 48 heavy (non-hydrogen) atoms. The Kier molecular flexibility index (Phi) is 10.6. The monoisotopic (exact) mass is 655 g/mol. The molecule has 0 bridgehead atoms. The molecule has 6 rings (SSSR count). The van der Waals surface area contributed by atoms with Crippen LogP contribution >= 0.6 is 0 Å². The van der Waals surface area contributed by atoms with Gasteiger partial charge in [-0.3, -0.25) is 4.79 Å². The lowest BCUT2D eigenvalue weighted by atomic mass is 9.41. The summed E-state index contributed by atoms with van der Waals surface area (Å²) >= 11 is 0. The summed E-state index contributed by atoms with van der Waals surface area (Å²) in [4.78, 5) is 27.6. The van der Waals surface area contributed by atoms with Crippen LogP contribution in [0.5, 0.6) is 0 Å². The van der Waals surface area contributed by atoms with Crippen molar-refractivity contribution in [2.75, 3.05) is 0 Å². The van der Waals surface area contributed by atoms with E-state index in [9.17, 15) is 9.59 Å². The van der Waals surface area contributed by atoms with Gasteiger partial charge in [-0.25, -0.2) is 4.79 Å². The molecular formula is C45H66O3. The molecule has 0 aromatic carbocycles. The van der Waals surface area contributed by atoms with Gasteiger partial charge in [-0.2, -0.15) is 0 Å². The van der Waals surface area contributed by atoms with Gasteiger partial charge in [0.25, 0.3) is 0 Å². The van der Waals surface area contributed by atoms with Gasteiger partial charge in [0.2, 0.25) is 0 Å². The van der Waals surface area contributed by atoms with Gasteiger partial charge in [0.1, 0.15) is 11.9 Å². The first kappa shape index (κ1) is 35.7. The van der Waals surface area contributed by atoms with E-state index in [0.717, 1.165) is 55.8 Å². The summed E-state index contributed by atoms with van der Waals surface area (Å²) in [5.74, 6) is 5.47. The number of rotatable bonds is 11. The number of hydrogen-bond donors (Lipinski definition) is 0. The average molecular weight is 655 g/mol. The Morgan fingerprint density at radius 3 is 2.44 bits per heavy atom. The molecule has 0 aliphatic heterocycles. The fraction of sp³-hybridized carbons (Fsp3) is 0.733. The number of carbonyl (C=O) groups is 2. The highest BCUT2D eigenvalue weighted by Gasteiger charge is 2.64. The second kappa shape index (κ2) is 14.2. The number of allylic oxidation sites excluding steroid dienone is 7. The van der Waals surface area contributed by atoms with E-state index in [0.29, 0.717) is 40.4 Å². The molecule has 0 saturated heterocycles. The van der Waals surface area contributed by atoms with Crippen molar-refractivity contribution >= 4 is 11.8 Å². The van der Waals surface area contributed by atoms with Crippen LogP contribution in [0.25, 0.3) is 0 Å². The van der Waals surface area contributed by atoms with Crippen molar-refractivity contribution < 1.29 is 14.3 Å². The fourth-order valence-electron chi connectivity index (χ4n) is 12.5. The molecule has 0 aromatic heterocycles. The lowest BCUT2D eigenvalue weighted by Crippen LogP contribution is -2.59. The minimum absolute atomic E-state index is 0.00401.